The van der Waals surface area contributed by atoms with Crippen LogP contribution in [-0.2, 0) is 78.2 Å². The van der Waals surface area contributed by atoms with Gasteiger partial charge in [-0.3, -0.25) is 57.5 Å². The maximum absolute atomic E-state index is 15.0. The number of Topliss-reactive ketones (excluding diaryl/α,β-unsaturated/α-hetero) is 3. The van der Waals surface area contributed by atoms with Gasteiger partial charge in [-0.15, -0.1) is 0 Å². The smallest absolute Gasteiger partial charge is 0.407 e. The summed E-state index contributed by atoms with van der Waals surface area (Å²) >= 11 is 0. The molecule has 100 heavy (non-hydrogen) atoms. The molecule has 1 aromatic carbocycles. The molecule has 1 aliphatic heterocycles. The summed E-state index contributed by atoms with van der Waals surface area (Å²) in [6, 6.07) is -2.09. The number of ether oxygens (including phenoxy) is 3. The summed E-state index contributed by atoms with van der Waals surface area (Å²) in [5, 5.41) is 47.8. The zero-order chi connectivity index (χ0) is 75.6. The van der Waals surface area contributed by atoms with Gasteiger partial charge in [-0.05, 0) is 138 Å². The Bertz CT molecular complexity index is 2880. The van der Waals surface area contributed by atoms with Crippen molar-refractivity contribution in [3.63, 3.8) is 0 Å². The molecule has 10 amide bonds. The fourth-order valence-corrected chi connectivity index (χ4v) is 10.6. The molecule has 2 rings (SSSR count). The first-order valence-electron chi connectivity index (χ1n) is 34.4. The van der Waals surface area contributed by atoms with Gasteiger partial charge in [-0.25, -0.2) is 9.59 Å². The van der Waals surface area contributed by atoms with Crippen LogP contribution in [0.5, 0.6) is 0 Å². The standard InChI is InChI=1S/C68H113N13O19/c1-13-17-39(4)98-56(88)21-20-55(87)75-47(26-31-73-65(96)99-67(7,8)9)54(86)36-45(40(5)82)60(91)80-51(37-74-66(97)100-68(10,11)12)53(85)35-44-25-30-72-64(95)57(41(6)83)81-59(90)43(22-27-69)34-52(84)46(23-28-70)76-62(93)49(32-38(2)3)78-63(94)50(33-42-18-15-14-16-19-42)79-61(92)48(24-29-71)77-58(44)89/h14-16,18-19,38-41,43-51,57,82-83H,13,17,20-37,69-71H2,1-12H3,(H,72,95)(H,73,96)(H,74,97)(H,75,87)(H,76,93)(H,77,89)(H,78,94)(H,79,92)(H,80,91)(H,81,90)/t39?,40?,41?,43-,44-,45+,46+,47+,48+,49+,50-,51+,57+/m1/s1. The number of ketones is 3. The number of nitrogens with two attached hydrogens (primary N) is 3. The van der Waals surface area contributed by atoms with Gasteiger partial charge in [0.15, 0.2) is 17.3 Å². The molecule has 32 nitrogen and oxygen atoms in total. The van der Waals surface area contributed by atoms with Crippen LogP contribution in [0.1, 0.15) is 172 Å². The first kappa shape index (κ1) is 87.9. The first-order chi connectivity index (χ1) is 46.8. The number of hydrogen-bond donors (Lipinski definition) is 15. The van der Waals surface area contributed by atoms with Gasteiger partial charge >= 0.3 is 18.2 Å². The van der Waals surface area contributed by atoms with Crippen LogP contribution >= 0.6 is 0 Å². The molecule has 0 aliphatic carbocycles. The topological polar surface area (TPSA) is 505 Å². The predicted octanol–water partition coefficient (Wildman–Crippen LogP) is -0.326. The lowest BCUT2D eigenvalue weighted by molar-refractivity contribution is -0.149. The van der Waals surface area contributed by atoms with Crippen LogP contribution in [-0.4, -0.2) is 204 Å². The second-order valence-electron chi connectivity index (χ2n) is 27.7. The second-order valence-corrected chi connectivity index (χ2v) is 27.7. The lowest BCUT2D eigenvalue weighted by atomic mass is 9.90. The number of rotatable bonds is 32. The maximum Gasteiger partial charge on any atom is 0.407 e. The molecule has 32 heteroatoms. The Balaban J connectivity index is 2.84. The summed E-state index contributed by atoms with van der Waals surface area (Å²) in [5.41, 5.74) is 16.4. The van der Waals surface area contributed by atoms with Crippen LogP contribution in [0.3, 0.4) is 0 Å². The van der Waals surface area contributed by atoms with Gasteiger partial charge < -0.3 is 94.8 Å². The van der Waals surface area contributed by atoms with Crippen molar-refractivity contribution in [2.75, 3.05) is 39.3 Å². The zero-order valence-corrected chi connectivity index (χ0v) is 60.2. The van der Waals surface area contributed by atoms with E-state index in [1.54, 1.807) is 92.6 Å². The molecule has 564 valence electrons. The molecule has 3 unspecified atom stereocenters. The minimum absolute atomic E-state index is 0.0311. The van der Waals surface area contributed by atoms with E-state index in [9.17, 15) is 77.3 Å². The molecule has 1 heterocycles. The largest absolute Gasteiger partial charge is 0.463 e. The highest BCUT2D eigenvalue weighted by Crippen LogP contribution is 2.20. The van der Waals surface area contributed by atoms with Crippen molar-refractivity contribution in [3.8, 4) is 0 Å². The number of amides is 10. The Kier molecular flexibility index (Phi) is 38.8. The predicted molar refractivity (Wildman–Crippen MR) is 367 cm³/mol. The Morgan fingerprint density at radius 1 is 0.620 bits per heavy atom. The number of alkyl carbamates (subject to hydrolysis) is 2. The first-order valence-corrected chi connectivity index (χ1v) is 34.4. The normalized spacial score (nSPS) is 21.5. The highest BCUT2D eigenvalue weighted by Gasteiger charge is 2.39. The average Bonchev–Trinajstić information content (AvgIpc) is 0.917. The number of benzene rings is 1. The van der Waals surface area contributed by atoms with Crippen LogP contribution < -0.4 is 70.4 Å². The quantitative estimate of drug-likeness (QED) is 0.0324. The van der Waals surface area contributed by atoms with E-state index in [0.29, 0.717) is 12.0 Å². The number of carbonyl (C=O) groups excluding carboxylic acids is 14. The van der Waals surface area contributed by atoms with Crippen LogP contribution in [0.4, 0.5) is 9.59 Å². The van der Waals surface area contributed by atoms with E-state index < -0.39 is 218 Å². The molecule has 1 aromatic rings. The molecular formula is C68H113N13O19. The van der Waals surface area contributed by atoms with E-state index >= 15 is 0 Å². The molecular weight excluding hydrogens is 1300 g/mol. The van der Waals surface area contributed by atoms with Crippen molar-refractivity contribution in [1.82, 2.24) is 53.2 Å². The third kappa shape index (κ3) is 34.2. The van der Waals surface area contributed by atoms with Gasteiger partial charge in [0.05, 0.1) is 42.7 Å². The number of carbonyl (C=O) groups is 14. The third-order valence-corrected chi connectivity index (χ3v) is 15.8. The van der Waals surface area contributed by atoms with Crippen LogP contribution in [0.25, 0.3) is 0 Å². The Morgan fingerprint density at radius 2 is 1.17 bits per heavy atom. The molecule has 18 N–H and O–H groups in total. The Labute approximate surface area is 586 Å². The summed E-state index contributed by atoms with van der Waals surface area (Å²) in [5.74, 6) is -15.3. The van der Waals surface area contributed by atoms with Crippen molar-refractivity contribution in [2.24, 2.45) is 40.9 Å². The van der Waals surface area contributed by atoms with Crippen molar-refractivity contribution in [3.05, 3.63) is 35.9 Å². The van der Waals surface area contributed by atoms with Crippen molar-refractivity contribution in [2.45, 2.75) is 245 Å². The van der Waals surface area contributed by atoms with Crippen molar-refractivity contribution in [1.29, 1.82) is 0 Å². The summed E-state index contributed by atoms with van der Waals surface area (Å²) < 4.78 is 16.1. The monoisotopic (exact) mass is 1420 g/mol. The van der Waals surface area contributed by atoms with Crippen LogP contribution in [0.15, 0.2) is 30.3 Å². The molecule has 1 fully saturated rings. The molecule has 0 aromatic heterocycles. The van der Waals surface area contributed by atoms with E-state index in [1.807, 2.05) is 6.92 Å². The van der Waals surface area contributed by atoms with Crippen LogP contribution in [0.2, 0.25) is 0 Å². The highest BCUT2D eigenvalue weighted by atomic mass is 16.6. The van der Waals surface area contributed by atoms with E-state index in [4.69, 9.17) is 31.4 Å². The number of aliphatic hydroxyl groups excluding tert-OH is 2. The summed E-state index contributed by atoms with van der Waals surface area (Å²) in [6.45, 7) is 17.1. The van der Waals surface area contributed by atoms with E-state index in [0.717, 1.165) is 6.42 Å². The molecule has 1 aliphatic rings. The molecule has 0 radical (unpaired) electrons. The third-order valence-electron chi connectivity index (χ3n) is 15.8. The van der Waals surface area contributed by atoms with Crippen molar-refractivity contribution < 1.29 is 91.5 Å². The molecule has 0 spiro atoms. The number of aliphatic hydroxyl groups is 2. The number of hydrogen-bond acceptors (Lipinski definition) is 22. The summed E-state index contributed by atoms with van der Waals surface area (Å²) in [4.78, 5) is 196. The second kappa shape index (κ2) is 44.1. The average molecular weight is 1420 g/mol. The fraction of sp³-hybridized carbons (Fsp3) is 0.706. The molecule has 0 bridgehead atoms. The lowest BCUT2D eigenvalue weighted by Gasteiger charge is -2.28. The van der Waals surface area contributed by atoms with Gasteiger partial charge in [0.1, 0.15) is 41.4 Å². The minimum atomic E-state index is -1.82. The summed E-state index contributed by atoms with van der Waals surface area (Å²) in [6.07, 6.45) is -8.62. The molecule has 1 saturated heterocycles. The Morgan fingerprint density at radius 3 is 1.74 bits per heavy atom. The summed E-state index contributed by atoms with van der Waals surface area (Å²) in [7, 11) is 0. The SMILES string of the molecule is CCCC(C)OC(=O)CCC(=O)N[C@@H](CCNC(=O)OC(C)(C)C)C(=O)C[C@H](C(=O)N[C@@H](CNC(=O)OC(C)(C)C)C(=O)C[C@H]1CCNC(=O)[C@H](C(C)O)NC(=O)[C@H](CCN)CC(=O)[C@H](CCN)NC(=O)[C@H](CC(C)C)NC(=O)[C@@H](Cc2ccccc2)NC(=O)[C@H](CCN)NC1=O)C(C)O. The zero-order valence-electron chi connectivity index (χ0n) is 60.2. The Hall–Kier alpha value is -8.20. The molecule has 0 saturated carbocycles. The minimum Gasteiger partial charge on any atom is -0.463 e. The van der Waals surface area contributed by atoms with E-state index in [2.05, 4.69) is 53.2 Å². The van der Waals surface area contributed by atoms with Crippen molar-refractivity contribution >= 4 is 82.8 Å². The van der Waals surface area contributed by atoms with E-state index in [1.165, 1.54) is 13.8 Å². The van der Waals surface area contributed by atoms with Gasteiger partial charge in [0, 0.05) is 63.6 Å². The van der Waals surface area contributed by atoms with Gasteiger partial charge in [-0.2, -0.15) is 0 Å². The fourth-order valence-electron chi connectivity index (χ4n) is 10.6. The van der Waals surface area contributed by atoms with Gasteiger partial charge in [-0.1, -0.05) is 57.5 Å². The number of esters is 1. The van der Waals surface area contributed by atoms with E-state index in [-0.39, 0.29) is 77.0 Å². The highest BCUT2D eigenvalue weighted by molar-refractivity contribution is 5.99. The van der Waals surface area contributed by atoms with Crippen LogP contribution in [0, 0.1) is 23.7 Å². The number of nitrogens with one attached hydrogen (secondary N) is 10. The lowest BCUT2D eigenvalue weighted by Crippen LogP contribution is -2.59. The van der Waals surface area contributed by atoms with Gasteiger partial charge in [0.25, 0.3) is 0 Å². The van der Waals surface area contributed by atoms with Gasteiger partial charge in [0.2, 0.25) is 47.3 Å². The maximum atomic E-state index is 15.0. The molecule has 13 atom stereocenters.